The van der Waals surface area contributed by atoms with E-state index in [1.165, 1.54) is 59.8 Å². The van der Waals surface area contributed by atoms with Crippen molar-refractivity contribution in [2.75, 3.05) is 19.6 Å². The van der Waals surface area contributed by atoms with Crippen molar-refractivity contribution in [3.63, 3.8) is 0 Å². The van der Waals surface area contributed by atoms with Gasteiger partial charge in [-0.15, -0.1) is 0 Å². The summed E-state index contributed by atoms with van der Waals surface area (Å²) in [6.07, 6.45) is 4.61. The average molecular weight is 455 g/mol. The van der Waals surface area contributed by atoms with E-state index >= 15 is 0 Å². The van der Waals surface area contributed by atoms with Crippen LogP contribution in [0.4, 0.5) is 0 Å². The molecule has 0 radical (unpaired) electrons. The molecule has 0 bridgehead atoms. The highest BCUT2D eigenvalue weighted by Crippen LogP contribution is 2.34. The number of aromatic nitrogens is 4. The minimum atomic E-state index is 0.456. The third-order valence-corrected chi connectivity index (χ3v) is 7.65. The number of H-pyrrole nitrogens is 2. The summed E-state index contributed by atoms with van der Waals surface area (Å²) in [6, 6.07) is 0.537. The van der Waals surface area contributed by atoms with Crippen LogP contribution in [0.3, 0.4) is 0 Å². The first kappa shape index (κ1) is 24.5. The van der Waals surface area contributed by atoms with Crippen molar-refractivity contribution in [3.05, 3.63) is 33.9 Å². The molecule has 2 aromatic heterocycles. The lowest BCUT2D eigenvalue weighted by molar-refractivity contribution is 0.177. The number of rotatable bonds is 7. The standard InChI is InChI=1S/C27H46N6/c1-17(2)13-32-10-8-9-24-22(15-32)27(31-28-24)20(7)11-21-12-25-23(16-33(14-21)19(5)6)26(18(3)4)30-29-25/h17-21H,8-16H2,1-7H3,(H,28,31)(H,29,30). The molecule has 2 atom stereocenters. The Morgan fingerprint density at radius 3 is 2.30 bits per heavy atom. The fourth-order valence-electron chi connectivity index (χ4n) is 6.02. The lowest BCUT2D eigenvalue weighted by Crippen LogP contribution is -2.34. The maximum atomic E-state index is 4.88. The van der Waals surface area contributed by atoms with Gasteiger partial charge in [0.25, 0.3) is 0 Å². The molecule has 4 heterocycles. The Morgan fingerprint density at radius 2 is 1.61 bits per heavy atom. The highest BCUT2D eigenvalue weighted by Gasteiger charge is 2.31. The van der Waals surface area contributed by atoms with Crippen LogP contribution in [-0.4, -0.2) is 55.9 Å². The quantitative estimate of drug-likeness (QED) is 0.601. The van der Waals surface area contributed by atoms with Crippen LogP contribution in [0.25, 0.3) is 0 Å². The first-order valence-corrected chi connectivity index (χ1v) is 13.3. The zero-order valence-corrected chi connectivity index (χ0v) is 22.0. The summed E-state index contributed by atoms with van der Waals surface area (Å²) in [5.41, 5.74) is 8.25. The topological polar surface area (TPSA) is 63.8 Å². The Bertz CT molecular complexity index is 908. The highest BCUT2D eigenvalue weighted by molar-refractivity contribution is 5.31. The molecule has 2 N–H and O–H groups in total. The van der Waals surface area contributed by atoms with E-state index in [9.17, 15) is 0 Å². The Kier molecular flexibility index (Phi) is 7.64. The minimum Gasteiger partial charge on any atom is -0.299 e. The van der Waals surface area contributed by atoms with Crippen molar-refractivity contribution < 1.29 is 0 Å². The molecule has 0 amide bonds. The second-order valence-electron chi connectivity index (χ2n) is 11.7. The van der Waals surface area contributed by atoms with E-state index in [1.807, 2.05) is 0 Å². The summed E-state index contributed by atoms with van der Waals surface area (Å²) >= 11 is 0. The van der Waals surface area contributed by atoms with Crippen molar-refractivity contribution in [1.82, 2.24) is 30.2 Å². The van der Waals surface area contributed by atoms with Gasteiger partial charge in [-0.3, -0.25) is 20.0 Å². The first-order chi connectivity index (χ1) is 15.7. The van der Waals surface area contributed by atoms with Crippen LogP contribution in [0.15, 0.2) is 0 Å². The van der Waals surface area contributed by atoms with Crippen molar-refractivity contribution in [3.8, 4) is 0 Å². The summed E-state index contributed by atoms with van der Waals surface area (Å²) in [5.74, 6) is 2.22. The van der Waals surface area contributed by atoms with Crippen LogP contribution in [0.2, 0.25) is 0 Å². The molecule has 0 aliphatic carbocycles. The SMILES string of the molecule is CC(C)CN1CCCc2[nH]nc(C(C)CC3Cc4[nH]nc(C(C)C)c4CN(C(C)C)C3)c2C1. The molecule has 2 aliphatic rings. The third-order valence-electron chi connectivity index (χ3n) is 7.65. The van der Waals surface area contributed by atoms with Crippen molar-refractivity contribution in [1.29, 1.82) is 0 Å². The number of hydrogen-bond donors (Lipinski definition) is 2. The van der Waals surface area contributed by atoms with E-state index in [0.717, 1.165) is 32.5 Å². The average Bonchev–Trinajstić information content (AvgIpc) is 3.19. The van der Waals surface area contributed by atoms with Gasteiger partial charge in [-0.1, -0.05) is 34.6 Å². The van der Waals surface area contributed by atoms with Gasteiger partial charge in [-0.25, -0.2) is 0 Å². The maximum Gasteiger partial charge on any atom is 0.0698 e. The fraction of sp³-hybridized carbons (Fsp3) is 0.778. The Labute approximate surface area is 200 Å². The lowest BCUT2D eigenvalue weighted by atomic mass is 9.88. The summed E-state index contributed by atoms with van der Waals surface area (Å²) in [6.45, 7) is 21.8. The predicted octanol–water partition coefficient (Wildman–Crippen LogP) is 5.24. The second-order valence-corrected chi connectivity index (χ2v) is 11.7. The molecule has 184 valence electrons. The monoisotopic (exact) mass is 454 g/mol. The Hall–Kier alpha value is -1.66. The molecule has 0 saturated carbocycles. The smallest absolute Gasteiger partial charge is 0.0698 e. The van der Waals surface area contributed by atoms with Gasteiger partial charge < -0.3 is 0 Å². The summed E-state index contributed by atoms with van der Waals surface area (Å²) in [4.78, 5) is 5.29. The molecule has 0 spiro atoms. The maximum absolute atomic E-state index is 4.88. The zero-order valence-electron chi connectivity index (χ0n) is 22.0. The first-order valence-electron chi connectivity index (χ1n) is 13.3. The van der Waals surface area contributed by atoms with E-state index in [-0.39, 0.29) is 0 Å². The van der Waals surface area contributed by atoms with Crippen molar-refractivity contribution >= 4 is 0 Å². The van der Waals surface area contributed by atoms with Crippen molar-refractivity contribution in [2.45, 2.75) is 105 Å². The number of nitrogens with one attached hydrogen (secondary N) is 2. The van der Waals surface area contributed by atoms with Crippen molar-refractivity contribution in [2.24, 2.45) is 11.8 Å². The summed E-state index contributed by atoms with van der Waals surface area (Å²) in [7, 11) is 0. The summed E-state index contributed by atoms with van der Waals surface area (Å²) < 4.78 is 0. The van der Waals surface area contributed by atoms with Gasteiger partial charge >= 0.3 is 0 Å². The Balaban J connectivity index is 1.53. The Morgan fingerprint density at radius 1 is 0.909 bits per heavy atom. The van der Waals surface area contributed by atoms with Crippen LogP contribution in [0.5, 0.6) is 0 Å². The number of nitrogens with zero attached hydrogens (tertiary/aromatic N) is 4. The van der Waals surface area contributed by atoms with Gasteiger partial charge in [0.2, 0.25) is 0 Å². The molecule has 0 aromatic carbocycles. The van der Waals surface area contributed by atoms with Gasteiger partial charge in [0.05, 0.1) is 11.4 Å². The number of hydrogen-bond acceptors (Lipinski definition) is 4. The third kappa shape index (κ3) is 5.54. The predicted molar refractivity (Wildman–Crippen MR) is 135 cm³/mol. The molecule has 6 nitrogen and oxygen atoms in total. The molecule has 33 heavy (non-hydrogen) atoms. The van der Waals surface area contributed by atoms with E-state index in [1.54, 1.807) is 0 Å². The van der Waals surface area contributed by atoms with Gasteiger partial charge in [0.15, 0.2) is 0 Å². The molecular weight excluding hydrogens is 408 g/mol. The van der Waals surface area contributed by atoms with E-state index in [4.69, 9.17) is 10.2 Å². The number of aryl methyl sites for hydroxylation is 1. The molecule has 6 heteroatoms. The van der Waals surface area contributed by atoms with Gasteiger partial charge in [-0.05, 0) is 63.8 Å². The van der Waals surface area contributed by atoms with E-state index < -0.39 is 0 Å². The molecule has 0 saturated heterocycles. The second kappa shape index (κ2) is 10.3. The highest BCUT2D eigenvalue weighted by atomic mass is 15.2. The van der Waals surface area contributed by atoms with Gasteiger partial charge in [0.1, 0.15) is 0 Å². The molecular formula is C27H46N6. The van der Waals surface area contributed by atoms with Gasteiger partial charge in [-0.2, -0.15) is 10.2 Å². The minimum absolute atomic E-state index is 0.456. The molecule has 4 rings (SSSR count). The van der Waals surface area contributed by atoms with Crippen LogP contribution in [-0.2, 0) is 25.9 Å². The zero-order chi connectivity index (χ0) is 23.7. The van der Waals surface area contributed by atoms with Crippen LogP contribution >= 0.6 is 0 Å². The number of aromatic amines is 2. The largest absolute Gasteiger partial charge is 0.299 e. The van der Waals surface area contributed by atoms with Crippen LogP contribution in [0.1, 0.15) is 107 Å². The van der Waals surface area contributed by atoms with E-state index in [2.05, 4.69) is 68.5 Å². The molecule has 2 aliphatic heterocycles. The normalized spacial score (nSPS) is 21.3. The van der Waals surface area contributed by atoms with E-state index in [0.29, 0.717) is 29.7 Å². The fourth-order valence-corrected chi connectivity index (χ4v) is 6.02. The summed E-state index contributed by atoms with van der Waals surface area (Å²) in [5, 5.41) is 16.5. The molecule has 2 unspecified atom stereocenters. The van der Waals surface area contributed by atoms with Crippen LogP contribution < -0.4 is 0 Å². The number of fused-ring (bicyclic) bond motifs is 2. The van der Waals surface area contributed by atoms with Gasteiger partial charge in [0, 0.05) is 60.7 Å². The molecule has 0 fully saturated rings. The lowest BCUT2D eigenvalue weighted by Gasteiger charge is -2.29. The molecule has 2 aromatic rings. The van der Waals surface area contributed by atoms with Crippen LogP contribution in [0, 0.1) is 11.8 Å².